The van der Waals surface area contributed by atoms with Gasteiger partial charge in [-0.2, -0.15) is 0 Å². The van der Waals surface area contributed by atoms with E-state index in [2.05, 4.69) is 13.8 Å². The fourth-order valence-electron chi connectivity index (χ4n) is 3.73. The third kappa shape index (κ3) is 12.6. The monoisotopic (exact) mass is 418 g/mol. The van der Waals surface area contributed by atoms with Gasteiger partial charge in [-0.25, -0.2) is 8.42 Å². The van der Waals surface area contributed by atoms with E-state index in [0.29, 0.717) is 5.92 Å². The topological polar surface area (TPSA) is 57.2 Å². The van der Waals surface area contributed by atoms with Crippen LogP contribution in [0.15, 0.2) is 29.2 Å². The third-order valence-corrected chi connectivity index (χ3v) is 6.30. The van der Waals surface area contributed by atoms with Gasteiger partial charge in [-0.05, 0) is 36.5 Å². The van der Waals surface area contributed by atoms with Crippen LogP contribution in [0.4, 0.5) is 0 Å². The van der Waals surface area contributed by atoms with E-state index in [1.807, 2.05) is 12.1 Å². The molecule has 3 nitrogen and oxygen atoms in total. The quantitative estimate of drug-likeness (QED) is 0.230. The van der Waals surface area contributed by atoms with Gasteiger partial charge in [0.1, 0.15) is 10.1 Å². The van der Waals surface area contributed by atoms with Crippen LogP contribution in [0.3, 0.4) is 0 Å². The molecule has 0 aliphatic heterocycles. The summed E-state index contributed by atoms with van der Waals surface area (Å²) >= 11 is 0. The van der Waals surface area contributed by atoms with E-state index in [1.165, 1.54) is 94.7 Å². The minimum atomic E-state index is -4.35. The molecule has 1 rings (SSSR count). The van der Waals surface area contributed by atoms with E-state index < -0.39 is 10.1 Å². The van der Waals surface area contributed by atoms with Crippen molar-refractivity contribution in [3.63, 3.8) is 0 Å². The van der Waals surface area contributed by atoms with Crippen molar-refractivity contribution < 1.29 is 42.5 Å². The van der Waals surface area contributed by atoms with Crippen LogP contribution in [0.5, 0.6) is 0 Å². The van der Waals surface area contributed by atoms with Gasteiger partial charge in [-0.3, -0.25) is 0 Å². The fraction of sp³-hybridized carbons (Fsp3) is 0.739. The van der Waals surface area contributed by atoms with E-state index in [-0.39, 0.29) is 34.5 Å². The van der Waals surface area contributed by atoms with E-state index in [1.54, 1.807) is 0 Å². The van der Waals surface area contributed by atoms with Crippen molar-refractivity contribution >= 4 is 10.1 Å². The molecule has 0 spiro atoms. The van der Waals surface area contributed by atoms with E-state index in [4.69, 9.17) is 0 Å². The van der Waals surface area contributed by atoms with E-state index in [0.717, 1.165) is 12.8 Å². The second-order valence-electron chi connectivity index (χ2n) is 7.83. The summed E-state index contributed by atoms with van der Waals surface area (Å²) in [7, 11) is -4.35. The number of unbranched alkanes of at least 4 members (excludes halogenated alkanes) is 10. The van der Waals surface area contributed by atoms with Crippen LogP contribution in [-0.2, 0) is 10.1 Å². The predicted molar refractivity (Wildman–Crippen MR) is 113 cm³/mol. The van der Waals surface area contributed by atoms with E-state index in [9.17, 15) is 13.0 Å². The molecule has 0 heterocycles. The molecule has 0 fully saturated rings. The largest absolute Gasteiger partial charge is 1.00 e. The zero-order valence-corrected chi connectivity index (χ0v) is 21.2. The molecule has 0 saturated carbocycles. The van der Waals surface area contributed by atoms with E-state index >= 15 is 0 Å². The Hall–Kier alpha value is 0.130. The summed E-state index contributed by atoms with van der Waals surface area (Å²) in [4.78, 5) is -0.121. The number of hydrogen-bond acceptors (Lipinski definition) is 3. The molecule has 1 aromatic rings. The Morgan fingerprint density at radius 1 is 0.714 bits per heavy atom. The molecule has 0 amide bonds. The molecule has 0 aliphatic rings. The van der Waals surface area contributed by atoms with Gasteiger partial charge in [0.15, 0.2) is 0 Å². The Labute approximate surface area is 196 Å². The van der Waals surface area contributed by atoms with Crippen molar-refractivity contribution in [1.29, 1.82) is 0 Å². The van der Waals surface area contributed by atoms with Crippen molar-refractivity contribution in [2.45, 2.75) is 115 Å². The third-order valence-electron chi connectivity index (χ3n) is 5.45. The first-order valence-corrected chi connectivity index (χ1v) is 12.5. The van der Waals surface area contributed by atoms with Crippen LogP contribution in [-0.4, -0.2) is 13.0 Å². The first-order valence-electron chi connectivity index (χ1n) is 11.0. The molecule has 156 valence electrons. The molecule has 0 atom stereocenters. The van der Waals surface area contributed by atoms with Crippen LogP contribution in [0.1, 0.15) is 115 Å². The van der Waals surface area contributed by atoms with Crippen LogP contribution in [0.25, 0.3) is 0 Å². The van der Waals surface area contributed by atoms with Crippen LogP contribution < -0.4 is 29.6 Å². The molecule has 0 bridgehead atoms. The zero-order chi connectivity index (χ0) is 20.0. The number of rotatable bonds is 16. The van der Waals surface area contributed by atoms with Gasteiger partial charge in [0.05, 0.1) is 4.90 Å². The molecule has 0 saturated heterocycles. The molecule has 0 aromatic heterocycles. The molecular weight excluding hydrogens is 379 g/mol. The summed E-state index contributed by atoms with van der Waals surface area (Å²) in [6, 6.07) is 6.66. The normalized spacial score (nSPS) is 11.6. The second kappa shape index (κ2) is 16.9. The summed E-state index contributed by atoms with van der Waals surface area (Å²) in [5.41, 5.74) is 1.18. The summed E-state index contributed by atoms with van der Waals surface area (Å²) < 4.78 is 33.5. The van der Waals surface area contributed by atoms with Crippen molar-refractivity contribution in [3.8, 4) is 0 Å². The number of hydrogen-bond donors (Lipinski definition) is 0. The van der Waals surface area contributed by atoms with Gasteiger partial charge in [0.25, 0.3) is 0 Å². The van der Waals surface area contributed by atoms with Crippen molar-refractivity contribution in [2.24, 2.45) is 0 Å². The van der Waals surface area contributed by atoms with Crippen LogP contribution >= 0.6 is 0 Å². The minimum Gasteiger partial charge on any atom is -0.744 e. The summed E-state index contributed by atoms with van der Waals surface area (Å²) in [6.45, 7) is 4.48. The molecule has 0 N–H and O–H groups in total. The molecule has 28 heavy (non-hydrogen) atoms. The Balaban J connectivity index is 0.00000729. The van der Waals surface area contributed by atoms with Crippen molar-refractivity contribution in [2.75, 3.05) is 0 Å². The molecule has 1 aromatic carbocycles. The Bertz CT molecular complexity index is 568. The van der Waals surface area contributed by atoms with Crippen molar-refractivity contribution in [3.05, 3.63) is 29.8 Å². The maximum atomic E-state index is 11.2. The summed E-state index contributed by atoms with van der Waals surface area (Å²) in [6.07, 6.45) is 17.8. The van der Waals surface area contributed by atoms with Gasteiger partial charge in [0.2, 0.25) is 0 Å². The van der Waals surface area contributed by atoms with Crippen molar-refractivity contribution in [1.82, 2.24) is 0 Å². The maximum absolute atomic E-state index is 11.2. The average molecular weight is 419 g/mol. The van der Waals surface area contributed by atoms with Crippen LogP contribution in [0, 0.1) is 0 Å². The maximum Gasteiger partial charge on any atom is 1.00 e. The van der Waals surface area contributed by atoms with Gasteiger partial charge in [0, 0.05) is 0 Å². The van der Waals surface area contributed by atoms with Crippen LogP contribution in [0.2, 0.25) is 0 Å². The molecular formula is C23H39NaO3S. The summed E-state index contributed by atoms with van der Waals surface area (Å²) in [5.74, 6) is 0.478. The van der Waals surface area contributed by atoms with Gasteiger partial charge in [-0.1, -0.05) is 103 Å². The smallest absolute Gasteiger partial charge is 0.744 e. The Morgan fingerprint density at radius 3 is 1.50 bits per heavy atom. The predicted octanol–water partition coefficient (Wildman–Crippen LogP) is 4.18. The molecule has 5 heteroatoms. The SMILES string of the molecule is CCCCCCCCC(CCCCCCCC)c1ccc(S(=O)(=O)[O-])cc1.[Na+]. The van der Waals surface area contributed by atoms with Gasteiger partial charge >= 0.3 is 29.6 Å². The second-order valence-corrected chi connectivity index (χ2v) is 9.21. The Morgan fingerprint density at radius 2 is 1.11 bits per heavy atom. The molecule has 0 radical (unpaired) electrons. The first kappa shape index (κ1) is 28.1. The van der Waals surface area contributed by atoms with Gasteiger partial charge < -0.3 is 4.55 Å². The van der Waals surface area contributed by atoms with Gasteiger partial charge in [-0.15, -0.1) is 0 Å². The Kier molecular flexibility index (Phi) is 17.0. The zero-order valence-electron chi connectivity index (χ0n) is 18.4. The average Bonchev–Trinajstić information content (AvgIpc) is 2.65. The fourth-order valence-corrected chi connectivity index (χ4v) is 4.20. The molecule has 0 unspecified atom stereocenters. The number of benzene rings is 1. The summed E-state index contributed by atoms with van der Waals surface area (Å²) in [5, 5.41) is 0. The minimum absolute atomic E-state index is 0. The first-order chi connectivity index (χ1) is 13.0. The molecule has 0 aliphatic carbocycles. The standard InChI is InChI=1S/C23H40O3S.Na/c1-3-5-7-9-11-13-15-21(16-14-12-10-8-6-4-2)22-17-19-23(20-18-22)27(24,25)26;/h17-21H,3-16H2,1-2H3,(H,24,25,26);/q;+1/p-1.